The Kier molecular flexibility index (Phi) is 5.21. The van der Waals surface area contributed by atoms with Gasteiger partial charge in [-0.15, -0.1) is 0 Å². The lowest BCUT2D eigenvalue weighted by Crippen LogP contribution is -2.29. The van der Waals surface area contributed by atoms with E-state index in [1.807, 2.05) is 27.8 Å². The Morgan fingerprint density at radius 1 is 1.17 bits per heavy atom. The Bertz CT molecular complexity index is 1070. The molecule has 2 aromatic heterocycles. The van der Waals surface area contributed by atoms with Crippen molar-refractivity contribution in [3.8, 4) is 11.3 Å². The standard InChI is InChI=1S/C23H25FN4O2/c24-19-4-3-16(14-22(29)27-8-1-2-9-27)13-18(19)20-5-10-28-21(15-25-23(28)26-20)17-6-11-30-12-7-17/h3-5,10,13,15,17H,1-2,6-9,11-12,14H2. The molecule has 0 unspecified atom stereocenters. The van der Waals surface area contributed by atoms with Gasteiger partial charge >= 0.3 is 0 Å². The molecule has 0 atom stereocenters. The van der Waals surface area contributed by atoms with Gasteiger partial charge in [0, 0.05) is 49.7 Å². The SMILES string of the molecule is O=C(Cc1ccc(F)c(-c2ccn3c(C4CCOCC4)cnc3n2)c1)N1CCCC1. The molecule has 2 aliphatic heterocycles. The zero-order chi connectivity index (χ0) is 20.5. The lowest BCUT2D eigenvalue weighted by molar-refractivity contribution is -0.129. The maximum Gasteiger partial charge on any atom is 0.234 e. The van der Waals surface area contributed by atoms with Gasteiger partial charge in [0.2, 0.25) is 11.7 Å². The van der Waals surface area contributed by atoms with Crippen LogP contribution in [0.25, 0.3) is 17.0 Å². The molecule has 5 rings (SSSR count). The Balaban J connectivity index is 1.42. The molecule has 0 bridgehead atoms. The summed E-state index contributed by atoms with van der Waals surface area (Å²) >= 11 is 0. The van der Waals surface area contributed by atoms with Gasteiger partial charge in [-0.25, -0.2) is 14.4 Å². The third-order valence-electron chi connectivity index (χ3n) is 6.17. The number of hydrogen-bond acceptors (Lipinski definition) is 4. The van der Waals surface area contributed by atoms with E-state index in [9.17, 15) is 9.18 Å². The van der Waals surface area contributed by atoms with Crippen LogP contribution >= 0.6 is 0 Å². The largest absolute Gasteiger partial charge is 0.381 e. The molecule has 0 radical (unpaired) electrons. The number of benzene rings is 1. The first-order valence-corrected chi connectivity index (χ1v) is 10.7. The Morgan fingerprint density at radius 3 is 2.77 bits per heavy atom. The van der Waals surface area contributed by atoms with Gasteiger partial charge in [0.05, 0.1) is 18.3 Å². The molecule has 30 heavy (non-hydrogen) atoms. The molecule has 1 aromatic carbocycles. The molecule has 4 heterocycles. The summed E-state index contributed by atoms with van der Waals surface area (Å²) in [6.45, 7) is 3.16. The topological polar surface area (TPSA) is 59.7 Å². The van der Waals surface area contributed by atoms with Crippen LogP contribution in [0.3, 0.4) is 0 Å². The molecule has 2 fully saturated rings. The second kappa shape index (κ2) is 8.14. The zero-order valence-electron chi connectivity index (χ0n) is 16.9. The lowest BCUT2D eigenvalue weighted by atomic mass is 9.97. The molecule has 0 spiro atoms. The van der Waals surface area contributed by atoms with Crippen LogP contribution in [0.15, 0.2) is 36.7 Å². The molecular weight excluding hydrogens is 383 g/mol. The molecule has 156 valence electrons. The minimum absolute atomic E-state index is 0.0998. The number of nitrogens with zero attached hydrogens (tertiary/aromatic N) is 4. The summed E-state index contributed by atoms with van der Waals surface area (Å²) in [6.07, 6.45) is 8.12. The highest BCUT2D eigenvalue weighted by Gasteiger charge is 2.21. The van der Waals surface area contributed by atoms with Gasteiger partial charge in [-0.2, -0.15) is 0 Å². The summed E-state index contributed by atoms with van der Waals surface area (Å²) in [5.41, 5.74) is 2.86. The zero-order valence-corrected chi connectivity index (χ0v) is 16.9. The number of fused-ring (bicyclic) bond motifs is 1. The highest BCUT2D eigenvalue weighted by Crippen LogP contribution is 2.29. The van der Waals surface area contributed by atoms with Crippen LogP contribution in [0.2, 0.25) is 0 Å². The van der Waals surface area contributed by atoms with Crippen molar-refractivity contribution in [2.45, 2.75) is 38.0 Å². The number of rotatable bonds is 4. The average molecular weight is 408 g/mol. The number of ether oxygens (including phenoxy) is 1. The smallest absolute Gasteiger partial charge is 0.234 e. The van der Waals surface area contributed by atoms with E-state index in [0.717, 1.165) is 63.2 Å². The average Bonchev–Trinajstić information content (AvgIpc) is 3.45. The van der Waals surface area contributed by atoms with Crippen molar-refractivity contribution in [2.24, 2.45) is 0 Å². The monoisotopic (exact) mass is 408 g/mol. The molecule has 2 saturated heterocycles. The molecule has 1 amide bonds. The molecule has 0 aliphatic carbocycles. The van der Waals surface area contributed by atoms with Gasteiger partial charge < -0.3 is 9.64 Å². The summed E-state index contributed by atoms with van der Waals surface area (Å²) in [5.74, 6) is 0.716. The first kappa shape index (κ1) is 19.2. The van der Waals surface area contributed by atoms with Crippen LogP contribution in [-0.4, -0.2) is 51.5 Å². The molecule has 6 nitrogen and oxygen atoms in total. The Labute approximate surface area is 174 Å². The second-order valence-corrected chi connectivity index (χ2v) is 8.13. The van der Waals surface area contributed by atoms with E-state index < -0.39 is 0 Å². The number of halogens is 1. The number of imidazole rings is 1. The number of amides is 1. The fraction of sp³-hybridized carbons (Fsp3) is 0.435. The highest BCUT2D eigenvalue weighted by atomic mass is 19.1. The predicted molar refractivity (Wildman–Crippen MR) is 111 cm³/mol. The summed E-state index contributed by atoms with van der Waals surface area (Å²) < 4.78 is 22.1. The highest BCUT2D eigenvalue weighted by molar-refractivity contribution is 5.79. The van der Waals surface area contributed by atoms with Crippen molar-refractivity contribution < 1.29 is 13.9 Å². The quantitative estimate of drug-likeness (QED) is 0.662. The maximum atomic E-state index is 14.6. The van der Waals surface area contributed by atoms with Crippen molar-refractivity contribution >= 4 is 11.7 Å². The van der Waals surface area contributed by atoms with Crippen LogP contribution in [0.5, 0.6) is 0 Å². The molecular formula is C23H25FN4O2. The summed E-state index contributed by atoms with van der Waals surface area (Å²) in [5, 5.41) is 0. The summed E-state index contributed by atoms with van der Waals surface area (Å²) in [7, 11) is 0. The van der Waals surface area contributed by atoms with Crippen molar-refractivity contribution in [3.05, 3.63) is 53.7 Å². The van der Waals surface area contributed by atoms with Gasteiger partial charge in [-0.05, 0) is 49.4 Å². The molecule has 0 saturated carbocycles. The van der Waals surface area contributed by atoms with Crippen molar-refractivity contribution in [1.29, 1.82) is 0 Å². The number of carbonyl (C=O) groups is 1. The van der Waals surface area contributed by atoms with E-state index in [-0.39, 0.29) is 18.1 Å². The maximum absolute atomic E-state index is 14.6. The van der Waals surface area contributed by atoms with Crippen LogP contribution in [0, 0.1) is 5.82 Å². The van der Waals surface area contributed by atoms with Crippen LogP contribution in [0.1, 0.15) is 42.9 Å². The minimum atomic E-state index is -0.347. The van der Waals surface area contributed by atoms with Gasteiger partial charge in [-0.1, -0.05) is 6.07 Å². The van der Waals surface area contributed by atoms with E-state index in [0.29, 0.717) is 23.0 Å². The fourth-order valence-electron chi connectivity index (χ4n) is 4.47. The van der Waals surface area contributed by atoms with Crippen molar-refractivity contribution in [2.75, 3.05) is 26.3 Å². The number of aromatic nitrogens is 3. The first-order valence-electron chi connectivity index (χ1n) is 10.7. The third kappa shape index (κ3) is 3.69. The molecule has 7 heteroatoms. The van der Waals surface area contributed by atoms with Gasteiger partial charge in [-0.3, -0.25) is 9.20 Å². The summed E-state index contributed by atoms with van der Waals surface area (Å²) in [4.78, 5) is 23.4. The molecule has 3 aromatic rings. The normalized spacial score (nSPS) is 17.7. The second-order valence-electron chi connectivity index (χ2n) is 8.13. The number of hydrogen-bond donors (Lipinski definition) is 0. The summed E-state index contributed by atoms with van der Waals surface area (Å²) in [6, 6.07) is 6.67. The Morgan fingerprint density at radius 2 is 1.97 bits per heavy atom. The minimum Gasteiger partial charge on any atom is -0.381 e. The van der Waals surface area contributed by atoms with Crippen LogP contribution < -0.4 is 0 Å². The van der Waals surface area contributed by atoms with E-state index in [1.54, 1.807) is 12.1 Å². The van der Waals surface area contributed by atoms with Gasteiger partial charge in [0.25, 0.3) is 0 Å². The fourth-order valence-corrected chi connectivity index (χ4v) is 4.47. The Hall–Kier alpha value is -2.80. The molecule has 2 aliphatic rings. The number of likely N-dealkylation sites (tertiary alicyclic amines) is 1. The predicted octanol–water partition coefficient (Wildman–Crippen LogP) is 3.59. The van der Waals surface area contributed by atoms with E-state index >= 15 is 0 Å². The van der Waals surface area contributed by atoms with Crippen molar-refractivity contribution in [3.63, 3.8) is 0 Å². The lowest BCUT2D eigenvalue weighted by Gasteiger charge is -2.21. The van der Waals surface area contributed by atoms with E-state index in [2.05, 4.69) is 9.97 Å². The van der Waals surface area contributed by atoms with E-state index in [4.69, 9.17) is 4.74 Å². The van der Waals surface area contributed by atoms with Gasteiger partial charge in [0.15, 0.2) is 0 Å². The van der Waals surface area contributed by atoms with Gasteiger partial charge in [0.1, 0.15) is 5.82 Å². The van der Waals surface area contributed by atoms with Crippen molar-refractivity contribution in [1.82, 2.24) is 19.3 Å². The van der Waals surface area contributed by atoms with Crippen LogP contribution in [0.4, 0.5) is 4.39 Å². The van der Waals surface area contributed by atoms with Crippen LogP contribution in [-0.2, 0) is 16.0 Å². The molecule has 0 N–H and O–H groups in total. The number of carbonyl (C=O) groups excluding carboxylic acids is 1. The third-order valence-corrected chi connectivity index (χ3v) is 6.17. The van der Waals surface area contributed by atoms with E-state index in [1.165, 1.54) is 6.07 Å². The first-order chi connectivity index (χ1) is 14.7.